The molecule has 36 heavy (non-hydrogen) atoms. The molecular weight excluding hydrogens is 472 g/mol. The number of hydrogen-bond acceptors (Lipinski definition) is 4. The van der Waals surface area contributed by atoms with Gasteiger partial charge in [0.1, 0.15) is 5.65 Å². The van der Waals surface area contributed by atoms with Gasteiger partial charge in [-0.05, 0) is 62.4 Å². The lowest BCUT2D eigenvalue weighted by Crippen LogP contribution is -2.39. The van der Waals surface area contributed by atoms with Gasteiger partial charge in [-0.25, -0.2) is 4.98 Å². The minimum Gasteiger partial charge on any atom is -0.333 e. The molecule has 0 bridgehead atoms. The second-order valence-electron chi connectivity index (χ2n) is 9.16. The molecule has 2 N–H and O–H groups in total. The molecule has 0 spiro atoms. The monoisotopic (exact) mass is 504 g/mol. The van der Waals surface area contributed by atoms with Crippen LogP contribution < -0.4 is 11.3 Å². The van der Waals surface area contributed by atoms with Gasteiger partial charge in [0.05, 0.1) is 11.7 Å². The van der Waals surface area contributed by atoms with Crippen LogP contribution in [-0.2, 0) is 11.2 Å². The molecule has 0 radical (unpaired) electrons. The van der Waals surface area contributed by atoms with Gasteiger partial charge in [-0.3, -0.25) is 14.0 Å². The maximum atomic E-state index is 13.8. The minimum atomic E-state index is -0.272. The second-order valence-corrected chi connectivity index (χ2v) is 9.60. The highest BCUT2D eigenvalue weighted by molar-refractivity contribution is 6.31. The zero-order valence-corrected chi connectivity index (χ0v) is 21.4. The average Bonchev–Trinajstić information content (AvgIpc) is 3.74. The molecule has 1 saturated carbocycles. The molecule has 1 amide bonds. The van der Waals surface area contributed by atoms with Crippen LogP contribution in [0.25, 0.3) is 5.65 Å². The number of carbonyl (C=O) groups excluding carboxylic acids is 1. The molecule has 1 unspecified atom stereocenters. The molecule has 0 saturated heterocycles. The van der Waals surface area contributed by atoms with E-state index < -0.39 is 0 Å². The first-order valence-corrected chi connectivity index (χ1v) is 12.9. The fourth-order valence-corrected chi connectivity index (χ4v) is 4.65. The number of rotatable bonds is 11. The lowest BCUT2D eigenvalue weighted by molar-refractivity contribution is -0.133. The van der Waals surface area contributed by atoms with Crippen molar-refractivity contribution >= 4 is 23.2 Å². The number of nitrogens with two attached hydrogens (primary N) is 1. The summed E-state index contributed by atoms with van der Waals surface area (Å²) in [5.41, 5.74) is 8.73. The van der Waals surface area contributed by atoms with E-state index in [0.29, 0.717) is 47.9 Å². The molecular formula is C29H33ClN4O2. The molecule has 1 aliphatic rings. The van der Waals surface area contributed by atoms with Crippen molar-refractivity contribution in [3.8, 4) is 0 Å². The summed E-state index contributed by atoms with van der Waals surface area (Å²) >= 11 is 6.09. The van der Waals surface area contributed by atoms with Crippen molar-refractivity contribution in [1.82, 2.24) is 14.3 Å². The second kappa shape index (κ2) is 12.2. The van der Waals surface area contributed by atoms with Crippen LogP contribution >= 0.6 is 11.6 Å². The number of allylic oxidation sites excluding steroid dienone is 3. The number of pyridine rings is 1. The highest BCUT2D eigenvalue weighted by Crippen LogP contribution is 2.45. The Hall–Kier alpha value is -3.22. The van der Waals surface area contributed by atoms with Gasteiger partial charge >= 0.3 is 0 Å². The molecule has 1 aliphatic carbocycles. The zero-order valence-electron chi connectivity index (χ0n) is 20.6. The molecule has 2 aromatic heterocycles. The summed E-state index contributed by atoms with van der Waals surface area (Å²) in [4.78, 5) is 34.2. The topological polar surface area (TPSA) is 80.7 Å². The van der Waals surface area contributed by atoms with Gasteiger partial charge in [0.2, 0.25) is 5.91 Å². The Kier molecular flexibility index (Phi) is 8.73. The van der Waals surface area contributed by atoms with Gasteiger partial charge in [-0.15, -0.1) is 0 Å². The van der Waals surface area contributed by atoms with E-state index in [1.807, 2.05) is 60.4 Å². The van der Waals surface area contributed by atoms with E-state index in [4.69, 9.17) is 22.3 Å². The van der Waals surface area contributed by atoms with Gasteiger partial charge in [0, 0.05) is 36.2 Å². The summed E-state index contributed by atoms with van der Waals surface area (Å²) in [6, 6.07) is 15.2. The third-order valence-corrected chi connectivity index (χ3v) is 6.88. The van der Waals surface area contributed by atoms with Crippen molar-refractivity contribution in [2.75, 3.05) is 13.1 Å². The summed E-state index contributed by atoms with van der Waals surface area (Å²) in [5, 5.41) is 0.587. The zero-order chi connectivity index (χ0) is 25.5. The lowest BCUT2D eigenvalue weighted by atomic mass is 9.96. The van der Waals surface area contributed by atoms with Crippen LogP contribution in [0, 0.1) is 5.92 Å². The number of halogens is 1. The van der Waals surface area contributed by atoms with Crippen molar-refractivity contribution in [1.29, 1.82) is 0 Å². The van der Waals surface area contributed by atoms with Crippen molar-refractivity contribution in [3.05, 3.63) is 105 Å². The van der Waals surface area contributed by atoms with E-state index >= 15 is 0 Å². The van der Waals surface area contributed by atoms with E-state index in [1.54, 1.807) is 28.8 Å². The van der Waals surface area contributed by atoms with Gasteiger partial charge in [0.15, 0.2) is 0 Å². The van der Waals surface area contributed by atoms with Crippen LogP contribution in [0.1, 0.15) is 55.5 Å². The number of carbonyl (C=O) groups is 1. The van der Waals surface area contributed by atoms with E-state index in [-0.39, 0.29) is 29.8 Å². The molecule has 0 aliphatic heterocycles. The highest BCUT2D eigenvalue weighted by Gasteiger charge is 2.40. The molecule has 188 valence electrons. The lowest BCUT2D eigenvalue weighted by Gasteiger charge is -2.33. The Morgan fingerprint density at radius 2 is 1.97 bits per heavy atom. The Morgan fingerprint density at radius 3 is 2.67 bits per heavy atom. The van der Waals surface area contributed by atoms with E-state index in [0.717, 1.165) is 18.4 Å². The summed E-state index contributed by atoms with van der Waals surface area (Å²) in [6.45, 7) is 2.84. The number of hydrogen-bond donors (Lipinski definition) is 1. The molecule has 3 aromatic rings. The quantitative estimate of drug-likeness (QED) is 0.372. The number of fused-ring (bicyclic) bond motifs is 1. The predicted octanol–water partition coefficient (Wildman–Crippen LogP) is 5.00. The van der Waals surface area contributed by atoms with Crippen molar-refractivity contribution in [3.63, 3.8) is 0 Å². The van der Waals surface area contributed by atoms with Crippen LogP contribution in [0.3, 0.4) is 0 Å². The molecule has 1 fully saturated rings. The first-order valence-electron chi connectivity index (χ1n) is 12.6. The summed E-state index contributed by atoms with van der Waals surface area (Å²) in [7, 11) is 0. The molecule has 7 heteroatoms. The van der Waals surface area contributed by atoms with Crippen molar-refractivity contribution in [2.45, 2.75) is 45.1 Å². The van der Waals surface area contributed by atoms with Crippen LogP contribution in [0.4, 0.5) is 0 Å². The number of nitrogens with zero attached hydrogens (tertiary/aromatic N) is 3. The normalized spacial score (nSPS) is 14.9. The fraction of sp³-hybridized carbons (Fsp3) is 0.345. The first kappa shape index (κ1) is 25.9. The SMILES string of the molecule is C/C=C(Cl)\C=C/CC(=O)N(CCCN)C(c1nc2ccccn2c(=O)c1Cc1ccccc1)C1CC1. The van der Waals surface area contributed by atoms with Gasteiger partial charge < -0.3 is 10.6 Å². The summed E-state index contributed by atoms with van der Waals surface area (Å²) < 4.78 is 1.60. The van der Waals surface area contributed by atoms with E-state index in [1.165, 1.54) is 0 Å². The maximum absolute atomic E-state index is 13.8. The molecule has 2 heterocycles. The molecule has 4 rings (SSSR count). The minimum absolute atomic E-state index is 0.0158. The predicted molar refractivity (Wildman–Crippen MR) is 145 cm³/mol. The van der Waals surface area contributed by atoms with E-state index in [2.05, 4.69) is 0 Å². The van der Waals surface area contributed by atoms with Crippen LogP contribution in [0.5, 0.6) is 0 Å². The Bertz CT molecular complexity index is 1310. The Balaban J connectivity index is 1.81. The van der Waals surface area contributed by atoms with Crippen LogP contribution in [0.15, 0.2) is 82.8 Å². The number of aromatic nitrogens is 2. The van der Waals surface area contributed by atoms with Gasteiger partial charge in [-0.1, -0.05) is 60.2 Å². The fourth-order valence-electron chi connectivity index (χ4n) is 4.56. The Morgan fingerprint density at radius 1 is 1.22 bits per heavy atom. The van der Waals surface area contributed by atoms with Crippen LogP contribution in [-0.4, -0.2) is 33.3 Å². The number of amides is 1. The standard InChI is InChI=1S/C29H33ClN4O2/c1-2-23(30)12-8-14-26(35)34(19-9-17-31)28(22-15-16-22)27-24(20-21-10-4-3-5-11-21)29(36)33-18-7-6-13-25(33)32-27/h2-8,10-13,18,22,28H,9,14-17,19-20,31H2,1H3/b12-8-,23-2+. The summed E-state index contributed by atoms with van der Waals surface area (Å²) in [6.07, 6.45) is 10.4. The number of benzene rings is 1. The smallest absolute Gasteiger partial charge is 0.261 e. The maximum Gasteiger partial charge on any atom is 0.261 e. The summed E-state index contributed by atoms with van der Waals surface area (Å²) in [5.74, 6) is 0.250. The average molecular weight is 505 g/mol. The van der Waals surface area contributed by atoms with Gasteiger partial charge in [-0.2, -0.15) is 0 Å². The van der Waals surface area contributed by atoms with Crippen molar-refractivity contribution in [2.24, 2.45) is 11.7 Å². The van der Waals surface area contributed by atoms with Crippen molar-refractivity contribution < 1.29 is 4.79 Å². The first-order chi connectivity index (χ1) is 17.5. The Labute approximate surface area is 217 Å². The third-order valence-electron chi connectivity index (χ3n) is 6.54. The van der Waals surface area contributed by atoms with Gasteiger partial charge in [0.25, 0.3) is 5.56 Å². The molecule has 6 nitrogen and oxygen atoms in total. The molecule has 1 atom stereocenters. The van der Waals surface area contributed by atoms with Crippen LogP contribution in [0.2, 0.25) is 0 Å². The molecule has 1 aromatic carbocycles. The third kappa shape index (κ3) is 6.12. The highest BCUT2D eigenvalue weighted by atomic mass is 35.5. The van der Waals surface area contributed by atoms with E-state index in [9.17, 15) is 9.59 Å². The largest absolute Gasteiger partial charge is 0.333 e.